The molecule has 0 amide bonds. The zero-order chi connectivity index (χ0) is 11.4. The third-order valence-corrected chi connectivity index (χ3v) is 2.32. The van der Waals surface area contributed by atoms with Crippen molar-refractivity contribution >= 4 is 5.97 Å². The summed E-state index contributed by atoms with van der Waals surface area (Å²) in [5, 5.41) is 18.3. The molecule has 15 heavy (non-hydrogen) atoms. The molecule has 2 unspecified atom stereocenters. The number of carboxylic acids is 1. The number of hydrogen-bond acceptors (Lipinski definition) is 2. The number of rotatable bonds is 4. The highest BCUT2D eigenvalue weighted by Gasteiger charge is 2.21. The molecule has 3 nitrogen and oxygen atoms in total. The van der Waals surface area contributed by atoms with E-state index in [-0.39, 0.29) is 6.42 Å². The molecule has 0 aromatic heterocycles. The molecule has 1 aromatic rings. The van der Waals surface area contributed by atoms with Crippen molar-refractivity contribution < 1.29 is 15.0 Å². The summed E-state index contributed by atoms with van der Waals surface area (Å²) in [5.74, 6) is -1.51. The maximum Gasteiger partial charge on any atom is 0.311 e. The van der Waals surface area contributed by atoms with Crippen LogP contribution in [0.25, 0.3) is 0 Å². The van der Waals surface area contributed by atoms with Gasteiger partial charge in [-0.25, -0.2) is 0 Å². The van der Waals surface area contributed by atoms with E-state index in [1.165, 1.54) is 0 Å². The van der Waals surface area contributed by atoms with Gasteiger partial charge >= 0.3 is 5.97 Å². The van der Waals surface area contributed by atoms with Crippen LogP contribution < -0.4 is 0 Å². The summed E-state index contributed by atoms with van der Waals surface area (Å²) in [6.07, 6.45) is -0.356. The Morgan fingerprint density at radius 2 is 2.13 bits per heavy atom. The zero-order valence-electron chi connectivity index (χ0n) is 8.97. The second kappa shape index (κ2) is 4.94. The van der Waals surface area contributed by atoms with Crippen molar-refractivity contribution in [2.24, 2.45) is 0 Å². The van der Waals surface area contributed by atoms with E-state index in [1.807, 2.05) is 25.1 Å². The topological polar surface area (TPSA) is 57.5 Å². The molecular formula is C12H16O3. The predicted molar refractivity (Wildman–Crippen MR) is 57.9 cm³/mol. The van der Waals surface area contributed by atoms with Crippen LogP contribution in [0.4, 0.5) is 0 Å². The first-order valence-electron chi connectivity index (χ1n) is 4.98. The molecule has 0 heterocycles. The summed E-state index contributed by atoms with van der Waals surface area (Å²) in [6.45, 7) is 3.52. The predicted octanol–water partition coefficient (Wildman–Crippen LogP) is 1.93. The lowest BCUT2D eigenvalue weighted by Gasteiger charge is -2.14. The van der Waals surface area contributed by atoms with Gasteiger partial charge in [0.05, 0.1) is 12.0 Å². The number of aliphatic carboxylic acids is 1. The largest absolute Gasteiger partial charge is 0.481 e. The van der Waals surface area contributed by atoms with Crippen LogP contribution in [0.2, 0.25) is 0 Å². The van der Waals surface area contributed by atoms with E-state index in [0.717, 1.165) is 11.1 Å². The fourth-order valence-corrected chi connectivity index (χ4v) is 1.61. The normalized spacial score (nSPS) is 14.6. The third-order valence-electron chi connectivity index (χ3n) is 2.32. The molecule has 0 fully saturated rings. The molecule has 1 rings (SSSR count). The minimum Gasteiger partial charge on any atom is -0.481 e. The second-order valence-corrected chi connectivity index (χ2v) is 3.89. The van der Waals surface area contributed by atoms with E-state index >= 15 is 0 Å². The van der Waals surface area contributed by atoms with Crippen LogP contribution >= 0.6 is 0 Å². The van der Waals surface area contributed by atoms with Gasteiger partial charge in [0.2, 0.25) is 0 Å². The van der Waals surface area contributed by atoms with Gasteiger partial charge in [-0.15, -0.1) is 0 Å². The van der Waals surface area contributed by atoms with Crippen LogP contribution in [0.5, 0.6) is 0 Å². The quantitative estimate of drug-likeness (QED) is 0.795. The van der Waals surface area contributed by atoms with Gasteiger partial charge in [0, 0.05) is 0 Å². The van der Waals surface area contributed by atoms with Crippen LogP contribution in [-0.4, -0.2) is 22.3 Å². The summed E-state index contributed by atoms with van der Waals surface area (Å²) < 4.78 is 0. The first-order chi connectivity index (χ1) is 7.00. The second-order valence-electron chi connectivity index (χ2n) is 3.89. The van der Waals surface area contributed by atoms with Gasteiger partial charge in [0.1, 0.15) is 0 Å². The summed E-state index contributed by atoms with van der Waals surface area (Å²) in [6, 6.07) is 7.39. The number of hydrogen-bond donors (Lipinski definition) is 2. The lowest BCUT2D eigenvalue weighted by Crippen LogP contribution is -2.17. The summed E-state index contributed by atoms with van der Waals surface area (Å²) in [5.41, 5.74) is 1.78. The lowest BCUT2D eigenvalue weighted by molar-refractivity contribution is -0.139. The highest BCUT2D eigenvalue weighted by Crippen LogP contribution is 2.22. The fourth-order valence-electron chi connectivity index (χ4n) is 1.61. The van der Waals surface area contributed by atoms with E-state index in [2.05, 4.69) is 0 Å². The van der Waals surface area contributed by atoms with E-state index < -0.39 is 18.0 Å². The van der Waals surface area contributed by atoms with Crippen molar-refractivity contribution in [3.63, 3.8) is 0 Å². The molecule has 0 spiro atoms. The maximum atomic E-state index is 11.0. The van der Waals surface area contributed by atoms with Crippen LogP contribution in [-0.2, 0) is 4.79 Å². The molecule has 0 aliphatic heterocycles. The highest BCUT2D eigenvalue weighted by atomic mass is 16.4. The number of aliphatic hydroxyl groups is 1. The Bertz CT molecular complexity index is 344. The maximum absolute atomic E-state index is 11.0. The summed E-state index contributed by atoms with van der Waals surface area (Å²) in [4.78, 5) is 11.0. The molecule has 1 aromatic carbocycles. The fraction of sp³-hybridized carbons (Fsp3) is 0.417. The zero-order valence-corrected chi connectivity index (χ0v) is 8.97. The Balaban J connectivity index is 2.94. The summed E-state index contributed by atoms with van der Waals surface area (Å²) in [7, 11) is 0. The van der Waals surface area contributed by atoms with E-state index in [0.29, 0.717) is 0 Å². The molecule has 2 N–H and O–H groups in total. The van der Waals surface area contributed by atoms with Crippen LogP contribution in [0.1, 0.15) is 30.4 Å². The average Bonchev–Trinajstić information content (AvgIpc) is 2.13. The Labute approximate surface area is 89.4 Å². The molecule has 3 heteroatoms. The molecule has 0 saturated carbocycles. The Kier molecular flexibility index (Phi) is 3.86. The van der Waals surface area contributed by atoms with Gasteiger partial charge < -0.3 is 10.2 Å². The van der Waals surface area contributed by atoms with Gasteiger partial charge in [0.25, 0.3) is 0 Å². The van der Waals surface area contributed by atoms with Gasteiger partial charge in [-0.05, 0) is 25.8 Å². The molecule has 0 radical (unpaired) electrons. The monoisotopic (exact) mass is 208 g/mol. The Morgan fingerprint density at radius 1 is 1.47 bits per heavy atom. The van der Waals surface area contributed by atoms with Crippen LogP contribution in [0.15, 0.2) is 24.3 Å². The van der Waals surface area contributed by atoms with Crippen molar-refractivity contribution in [1.82, 2.24) is 0 Å². The van der Waals surface area contributed by atoms with Crippen molar-refractivity contribution in [2.75, 3.05) is 0 Å². The summed E-state index contributed by atoms with van der Waals surface area (Å²) >= 11 is 0. The highest BCUT2D eigenvalue weighted by molar-refractivity contribution is 5.76. The van der Waals surface area contributed by atoms with Gasteiger partial charge in [-0.1, -0.05) is 29.8 Å². The van der Waals surface area contributed by atoms with Crippen molar-refractivity contribution in [3.05, 3.63) is 35.4 Å². The third kappa shape index (κ3) is 3.36. The molecule has 0 saturated heterocycles. The van der Waals surface area contributed by atoms with Crippen molar-refractivity contribution in [1.29, 1.82) is 0 Å². The molecule has 82 valence electrons. The molecule has 0 bridgehead atoms. The van der Waals surface area contributed by atoms with E-state index in [1.54, 1.807) is 13.0 Å². The van der Waals surface area contributed by atoms with Crippen molar-refractivity contribution in [3.8, 4) is 0 Å². The SMILES string of the molecule is Cc1cccc(C(CC(C)O)C(=O)O)c1. The van der Waals surface area contributed by atoms with Crippen LogP contribution in [0, 0.1) is 6.92 Å². The first kappa shape index (κ1) is 11.7. The van der Waals surface area contributed by atoms with Gasteiger partial charge in [0.15, 0.2) is 0 Å². The number of carboxylic acid groups (broad SMARTS) is 1. The molecule has 2 atom stereocenters. The van der Waals surface area contributed by atoms with Gasteiger partial charge in [-0.3, -0.25) is 4.79 Å². The Morgan fingerprint density at radius 3 is 2.60 bits per heavy atom. The van der Waals surface area contributed by atoms with Crippen LogP contribution in [0.3, 0.4) is 0 Å². The number of aryl methyl sites for hydroxylation is 1. The minimum atomic E-state index is -0.888. The lowest BCUT2D eigenvalue weighted by atomic mass is 9.92. The number of benzene rings is 1. The smallest absolute Gasteiger partial charge is 0.311 e. The Hall–Kier alpha value is -1.35. The number of aliphatic hydroxyl groups excluding tert-OH is 1. The number of carbonyl (C=O) groups is 1. The first-order valence-corrected chi connectivity index (χ1v) is 4.98. The minimum absolute atomic E-state index is 0.249. The van der Waals surface area contributed by atoms with Gasteiger partial charge in [-0.2, -0.15) is 0 Å². The van der Waals surface area contributed by atoms with E-state index in [4.69, 9.17) is 5.11 Å². The molecule has 0 aliphatic carbocycles. The standard InChI is InChI=1S/C12H16O3/c1-8-4-3-5-10(6-8)11(12(14)15)7-9(2)13/h3-6,9,11,13H,7H2,1-2H3,(H,14,15). The van der Waals surface area contributed by atoms with Crippen molar-refractivity contribution in [2.45, 2.75) is 32.3 Å². The van der Waals surface area contributed by atoms with E-state index in [9.17, 15) is 9.90 Å². The molecular weight excluding hydrogens is 192 g/mol. The average molecular weight is 208 g/mol. The molecule has 0 aliphatic rings.